The monoisotopic (exact) mass is 184 g/mol. The van der Waals surface area contributed by atoms with Crippen LogP contribution >= 0.6 is 0 Å². The summed E-state index contributed by atoms with van der Waals surface area (Å²) < 4.78 is 5.30. The predicted molar refractivity (Wildman–Crippen MR) is 52.5 cm³/mol. The van der Waals surface area contributed by atoms with Crippen LogP contribution in [0.2, 0.25) is 0 Å². The Morgan fingerprint density at radius 2 is 2.15 bits per heavy atom. The van der Waals surface area contributed by atoms with Crippen LogP contribution in [0.1, 0.15) is 26.2 Å². The number of nitrogens with two attached hydrogens (primary N) is 1. The highest BCUT2D eigenvalue weighted by Gasteiger charge is 2.31. The summed E-state index contributed by atoms with van der Waals surface area (Å²) in [5.74, 6) is 0.912. The standard InChI is InChI=1S/C10H20N2O/c1-7(8-2-3-8)12-10-4-5-13-6-9(10)11/h7-10,12H,2-6,11H2,1H3/t7?,9-,10?/m1/s1. The smallest absolute Gasteiger partial charge is 0.0632 e. The third kappa shape index (κ3) is 2.42. The Labute approximate surface area is 80.0 Å². The number of ether oxygens (including phenoxy) is 1. The lowest BCUT2D eigenvalue weighted by atomic mass is 10.0. The molecule has 2 fully saturated rings. The first-order chi connectivity index (χ1) is 6.27. The van der Waals surface area contributed by atoms with Crippen molar-refractivity contribution in [2.24, 2.45) is 11.7 Å². The van der Waals surface area contributed by atoms with E-state index >= 15 is 0 Å². The SMILES string of the molecule is CC(NC1CCOC[C@H]1N)C1CC1. The molecule has 3 atom stereocenters. The van der Waals surface area contributed by atoms with Crippen LogP contribution in [0.4, 0.5) is 0 Å². The molecular weight excluding hydrogens is 164 g/mol. The van der Waals surface area contributed by atoms with Crippen molar-refractivity contribution >= 4 is 0 Å². The first-order valence-corrected chi connectivity index (χ1v) is 5.37. The molecule has 2 rings (SSSR count). The average Bonchev–Trinajstić information content (AvgIpc) is 2.91. The Hall–Kier alpha value is -0.120. The van der Waals surface area contributed by atoms with E-state index in [0.29, 0.717) is 12.1 Å². The van der Waals surface area contributed by atoms with E-state index in [0.717, 1.165) is 25.6 Å². The highest BCUT2D eigenvalue weighted by molar-refractivity contribution is 4.90. The van der Waals surface area contributed by atoms with Crippen LogP contribution in [0.25, 0.3) is 0 Å². The van der Waals surface area contributed by atoms with E-state index in [1.54, 1.807) is 0 Å². The zero-order valence-corrected chi connectivity index (χ0v) is 8.33. The second kappa shape index (κ2) is 3.95. The van der Waals surface area contributed by atoms with Crippen molar-refractivity contribution < 1.29 is 4.74 Å². The van der Waals surface area contributed by atoms with Crippen molar-refractivity contribution in [3.05, 3.63) is 0 Å². The van der Waals surface area contributed by atoms with Crippen LogP contribution in [-0.2, 0) is 4.74 Å². The second-order valence-corrected chi connectivity index (χ2v) is 4.43. The maximum atomic E-state index is 5.96. The number of nitrogens with one attached hydrogen (secondary N) is 1. The third-order valence-electron chi connectivity index (χ3n) is 3.21. The molecule has 13 heavy (non-hydrogen) atoms. The van der Waals surface area contributed by atoms with E-state index < -0.39 is 0 Å². The van der Waals surface area contributed by atoms with E-state index in [1.165, 1.54) is 12.8 Å². The topological polar surface area (TPSA) is 47.3 Å². The maximum absolute atomic E-state index is 5.96. The Morgan fingerprint density at radius 3 is 2.77 bits per heavy atom. The lowest BCUT2D eigenvalue weighted by molar-refractivity contribution is 0.0586. The van der Waals surface area contributed by atoms with Gasteiger partial charge in [-0.1, -0.05) is 0 Å². The van der Waals surface area contributed by atoms with Gasteiger partial charge in [-0.15, -0.1) is 0 Å². The van der Waals surface area contributed by atoms with Gasteiger partial charge in [-0.25, -0.2) is 0 Å². The molecule has 0 amide bonds. The second-order valence-electron chi connectivity index (χ2n) is 4.43. The Kier molecular flexibility index (Phi) is 2.86. The summed E-state index contributed by atoms with van der Waals surface area (Å²) in [6.07, 6.45) is 3.86. The molecule has 0 aromatic heterocycles. The Balaban J connectivity index is 1.77. The van der Waals surface area contributed by atoms with Gasteiger partial charge in [0.05, 0.1) is 6.61 Å². The molecule has 0 aromatic rings. The van der Waals surface area contributed by atoms with Gasteiger partial charge in [0.2, 0.25) is 0 Å². The third-order valence-corrected chi connectivity index (χ3v) is 3.21. The first-order valence-electron chi connectivity index (χ1n) is 5.37. The minimum atomic E-state index is 0.190. The highest BCUT2D eigenvalue weighted by atomic mass is 16.5. The molecule has 2 unspecified atom stereocenters. The van der Waals surface area contributed by atoms with Gasteiger partial charge in [0.1, 0.15) is 0 Å². The quantitative estimate of drug-likeness (QED) is 0.671. The van der Waals surface area contributed by atoms with Gasteiger partial charge in [0.15, 0.2) is 0 Å². The molecule has 0 spiro atoms. The molecule has 3 heteroatoms. The maximum Gasteiger partial charge on any atom is 0.0632 e. The van der Waals surface area contributed by atoms with Crippen molar-refractivity contribution in [2.75, 3.05) is 13.2 Å². The van der Waals surface area contributed by atoms with Gasteiger partial charge in [0.25, 0.3) is 0 Å². The minimum Gasteiger partial charge on any atom is -0.380 e. The van der Waals surface area contributed by atoms with E-state index in [4.69, 9.17) is 10.5 Å². The van der Waals surface area contributed by atoms with Gasteiger partial charge >= 0.3 is 0 Å². The molecule has 3 nitrogen and oxygen atoms in total. The summed E-state index contributed by atoms with van der Waals surface area (Å²) in [7, 11) is 0. The number of hydrogen-bond donors (Lipinski definition) is 2. The average molecular weight is 184 g/mol. The molecule has 1 aliphatic carbocycles. The molecule has 1 saturated heterocycles. The van der Waals surface area contributed by atoms with Crippen molar-refractivity contribution in [3.8, 4) is 0 Å². The van der Waals surface area contributed by atoms with Crippen LogP contribution in [0.3, 0.4) is 0 Å². The number of rotatable bonds is 3. The predicted octanol–water partition coefficient (Wildman–Crippen LogP) is 0.491. The Bertz CT molecular complexity index is 170. The normalized spacial score (nSPS) is 37.4. The van der Waals surface area contributed by atoms with E-state index in [2.05, 4.69) is 12.2 Å². The molecular formula is C10H20N2O. The van der Waals surface area contributed by atoms with Crippen LogP contribution in [0.5, 0.6) is 0 Å². The fourth-order valence-electron chi connectivity index (χ4n) is 2.04. The summed E-state index contributed by atoms with van der Waals surface area (Å²) in [5.41, 5.74) is 5.96. The van der Waals surface area contributed by atoms with Crippen LogP contribution < -0.4 is 11.1 Å². The van der Waals surface area contributed by atoms with Crippen LogP contribution in [0.15, 0.2) is 0 Å². The lowest BCUT2D eigenvalue weighted by Crippen LogP contribution is -2.54. The summed E-state index contributed by atoms with van der Waals surface area (Å²) in [5, 5.41) is 3.63. The highest BCUT2D eigenvalue weighted by Crippen LogP contribution is 2.32. The van der Waals surface area contributed by atoms with E-state index in [-0.39, 0.29) is 6.04 Å². The van der Waals surface area contributed by atoms with Gasteiger partial charge in [-0.3, -0.25) is 0 Å². The molecule has 1 heterocycles. The summed E-state index contributed by atoms with van der Waals surface area (Å²) in [6.45, 7) is 3.86. The first kappa shape index (κ1) is 9.44. The van der Waals surface area contributed by atoms with Crippen LogP contribution in [-0.4, -0.2) is 31.3 Å². The largest absolute Gasteiger partial charge is 0.380 e. The molecule has 0 aromatic carbocycles. The summed E-state index contributed by atoms with van der Waals surface area (Å²) in [4.78, 5) is 0. The molecule has 2 aliphatic rings. The zero-order chi connectivity index (χ0) is 9.26. The molecule has 0 radical (unpaired) electrons. The molecule has 3 N–H and O–H groups in total. The lowest BCUT2D eigenvalue weighted by Gasteiger charge is -2.32. The van der Waals surface area contributed by atoms with Gasteiger partial charge < -0.3 is 15.8 Å². The van der Waals surface area contributed by atoms with Crippen molar-refractivity contribution in [1.29, 1.82) is 0 Å². The summed E-state index contributed by atoms with van der Waals surface area (Å²) in [6, 6.07) is 1.31. The van der Waals surface area contributed by atoms with Crippen LogP contribution in [0, 0.1) is 5.92 Å². The molecule has 76 valence electrons. The molecule has 1 saturated carbocycles. The zero-order valence-electron chi connectivity index (χ0n) is 8.33. The molecule has 1 aliphatic heterocycles. The molecule has 0 bridgehead atoms. The fraction of sp³-hybridized carbons (Fsp3) is 1.00. The Morgan fingerprint density at radius 1 is 1.38 bits per heavy atom. The van der Waals surface area contributed by atoms with E-state index in [1.807, 2.05) is 0 Å². The van der Waals surface area contributed by atoms with E-state index in [9.17, 15) is 0 Å². The van der Waals surface area contributed by atoms with Gasteiger partial charge in [0, 0.05) is 24.7 Å². The minimum absolute atomic E-state index is 0.190. The number of hydrogen-bond acceptors (Lipinski definition) is 3. The summed E-state index contributed by atoms with van der Waals surface area (Å²) >= 11 is 0. The van der Waals surface area contributed by atoms with Crippen molar-refractivity contribution in [2.45, 2.75) is 44.3 Å². The van der Waals surface area contributed by atoms with Gasteiger partial charge in [-0.05, 0) is 32.1 Å². The van der Waals surface area contributed by atoms with Gasteiger partial charge in [-0.2, -0.15) is 0 Å². The van der Waals surface area contributed by atoms with Crippen molar-refractivity contribution in [1.82, 2.24) is 5.32 Å². The fourth-order valence-corrected chi connectivity index (χ4v) is 2.04. The van der Waals surface area contributed by atoms with Crippen molar-refractivity contribution in [3.63, 3.8) is 0 Å².